The van der Waals surface area contributed by atoms with Gasteiger partial charge in [0, 0.05) is 55.9 Å². The Balaban J connectivity index is 1.48. The van der Waals surface area contributed by atoms with Crippen molar-refractivity contribution in [2.45, 2.75) is 19.9 Å². The van der Waals surface area contributed by atoms with E-state index in [1.54, 1.807) is 30.3 Å². The van der Waals surface area contributed by atoms with E-state index in [1.165, 1.54) is 10.9 Å². The Labute approximate surface area is 175 Å². The number of aromatic nitrogens is 2. The van der Waals surface area contributed by atoms with Crippen molar-refractivity contribution in [3.8, 4) is 0 Å². The minimum Gasteiger partial charge on any atom is -0.382 e. The molecule has 3 heterocycles. The number of pyridine rings is 1. The van der Waals surface area contributed by atoms with Gasteiger partial charge in [0.05, 0.1) is 12.2 Å². The first-order valence-electron chi connectivity index (χ1n) is 9.94. The van der Waals surface area contributed by atoms with Crippen LogP contribution >= 0.6 is 0 Å². The number of para-hydroxylation sites is 1. The number of carbonyl (C=O) groups is 2. The van der Waals surface area contributed by atoms with E-state index in [9.17, 15) is 9.59 Å². The highest BCUT2D eigenvalue weighted by Gasteiger charge is 2.16. The van der Waals surface area contributed by atoms with Crippen molar-refractivity contribution in [1.82, 2.24) is 14.5 Å². The average Bonchev–Trinajstić information content (AvgIpc) is 2.88. The van der Waals surface area contributed by atoms with E-state index in [-0.39, 0.29) is 11.8 Å². The van der Waals surface area contributed by atoms with Crippen LogP contribution in [0.1, 0.15) is 23.2 Å². The molecule has 3 aromatic rings. The van der Waals surface area contributed by atoms with E-state index in [1.807, 2.05) is 25.2 Å². The zero-order chi connectivity index (χ0) is 21.3. The van der Waals surface area contributed by atoms with Crippen LogP contribution in [-0.2, 0) is 23.2 Å². The Bertz CT molecular complexity index is 1120. The molecule has 0 bridgehead atoms. The fraction of sp³-hybridized carbons (Fsp3) is 0.261. The van der Waals surface area contributed by atoms with Crippen LogP contribution in [-0.4, -0.2) is 39.9 Å². The molecule has 0 saturated carbocycles. The standard InChI is InChI=1S/C23H25N5O2/c1-15-17-6-4-5-7-19(17)28(3)20(15)14-27(2)22(30)9-8-16-12-18-23(25-13-16)26-21(29)10-11-24-18/h4-9,12-13,24H,10-11,14H2,1-3H3,(H,25,26,29). The topological polar surface area (TPSA) is 79.3 Å². The molecule has 7 nitrogen and oxygen atoms in total. The van der Waals surface area contributed by atoms with Crippen LogP contribution in [0, 0.1) is 6.92 Å². The Morgan fingerprint density at radius 2 is 2.13 bits per heavy atom. The molecule has 2 N–H and O–H groups in total. The van der Waals surface area contributed by atoms with Crippen molar-refractivity contribution >= 4 is 40.3 Å². The summed E-state index contributed by atoms with van der Waals surface area (Å²) in [4.78, 5) is 30.3. The quantitative estimate of drug-likeness (QED) is 0.655. The molecule has 0 atom stereocenters. The van der Waals surface area contributed by atoms with Gasteiger partial charge < -0.3 is 20.1 Å². The van der Waals surface area contributed by atoms with Crippen molar-refractivity contribution in [2.75, 3.05) is 24.2 Å². The number of rotatable bonds is 4. The van der Waals surface area contributed by atoms with Gasteiger partial charge in [-0.25, -0.2) is 4.98 Å². The smallest absolute Gasteiger partial charge is 0.246 e. The summed E-state index contributed by atoms with van der Waals surface area (Å²) in [7, 11) is 3.84. The van der Waals surface area contributed by atoms with Gasteiger partial charge in [0.2, 0.25) is 11.8 Å². The first-order chi connectivity index (χ1) is 14.4. The van der Waals surface area contributed by atoms with Crippen LogP contribution < -0.4 is 10.6 Å². The van der Waals surface area contributed by atoms with Gasteiger partial charge in [-0.2, -0.15) is 0 Å². The molecule has 154 valence electrons. The minimum absolute atomic E-state index is 0.0579. The van der Waals surface area contributed by atoms with Gasteiger partial charge in [-0.1, -0.05) is 18.2 Å². The number of likely N-dealkylation sites (N-methyl/N-ethyl adjacent to an activating group) is 1. The van der Waals surface area contributed by atoms with Gasteiger partial charge in [-0.05, 0) is 36.3 Å². The third kappa shape index (κ3) is 3.78. The molecule has 0 spiro atoms. The molecular formula is C23H25N5O2. The van der Waals surface area contributed by atoms with Gasteiger partial charge in [0.25, 0.3) is 0 Å². The molecule has 0 fully saturated rings. The number of nitrogens with one attached hydrogen (secondary N) is 2. The molecule has 7 heteroatoms. The predicted molar refractivity (Wildman–Crippen MR) is 119 cm³/mol. The summed E-state index contributed by atoms with van der Waals surface area (Å²) >= 11 is 0. The van der Waals surface area contributed by atoms with Crippen molar-refractivity contribution in [1.29, 1.82) is 0 Å². The van der Waals surface area contributed by atoms with E-state index in [2.05, 4.69) is 39.2 Å². The summed E-state index contributed by atoms with van der Waals surface area (Å²) in [5.41, 5.74) is 5.03. The fourth-order valence-corrected chi connectivity index (χ4v) is 3.77. The van der Waals surface area contributed by atoms with Crippen LogP contribution in [0.2, 0.25) is 0 Å². The van der Waals surface area contributed by atoms with Crippen LogP contribution in [0.3, 0.4) is 0 Å². The number of hydrogen-bond acceptors (Lipinski definition) is 4. The highest BCUT2D eigenvalue weighted by atomic mass is 16.2. The molecule has 2 aromatic heterocycles. The molecule has 1 aliphatic rings. The maximum absolute atomic E-state index is 12.7. The van der Waals surface area contributed by atoms with Crippen molar-refractivity contribution in [2.24, 2.45) is 7.05 Å². The number of anilines is 2. The summed E-state index contributed by atoms with van der Waals surface area (Å²) in [6.45, 7) is 3.18. The number of carbonyl (C=O) groups excluding carboxylic acids is 2. The number of aryl methyl sites for hydroxylation is 2. The van der Waals surface area contributed by atoms with Crippen molar-refractivity contribution < 1.29 is 9.59 Å². The number of nitrogens with zero attached hydrogens (tertiary/aromatic N) is 3. The SMILES string of the molecule is Cc1c(CN(C)C(=O)C=Cc2cnc3c(c2)NCCC(=O)N3)n(C)c2ccccc12. The van der Waals surface area contributed by atoms with E-state index in [0.29, 0.717) is 25.3 Å². The van der Waals surface area contributed by atoms with Gasteiger partial charge in [0.15, 0.2) is 5.82 Å². The van der Waals surface area contributed by atoms with Gasteiger partial charge in [-0.15, -0.1) is 0 Å². The number of fused-ring (bicyclic) bond motifs is 2. The largest absolute Gasteiger partial charge is 0.382 e. The fourth-order valence-electron chi connectivity index (χ4n) is 3.77. The molecule has 0 saturated heterocycles. The van der Waals surface area contributed by atoms with E-state index in [4.69, 9.17) is 0 Å². The second-order valence-electron chi connectivity index (χ2n) is 7.57. The minimum atomic E-state index is -0.0872. The molecule has 2 amide bonds. The van der Waals surface area contributed by atoms with Gasteiger partial charge in [-0.3, -0.25) is 9.59 Å². The lowest BCUT2D eigenvalue weighted by Gasteiger charge is -2.17. The Kier molecular flexibility index (Phi) is 5.27. The monoisotopic (exact) mass is 403 g/mol. The maximum atomic E-state index is 12.7. The zero-order valence-electron chi connectivity index (χ0n) is 17.4. The highest BCUT2D eigenvalue weighted by Crippen LogP contribution is 2.26. The lowest BCUT2D eigenvalue weighted by molar-refractivity contribution is -0.125. The third-order valence-corrected chi connectivity index (χ3v) is 5.52. The first kappa shape index (κ1) is 19.7. The maximum Gasteiger partial charge on any atom is 0.246 e. The van der Waals surface area contributed by atoms with Crippen molar-refractivity contribution in [3.63, 3.8) is 0 Å². The second kappa shape index (κ2) is 8.02. The molecule has 1 aliphatic heterocycles. The zero-order valence-corrected chi connectivity index (χ0v) is 17.4. The highest BCUT2D eigenvalue weighted by molar-refractivity contribution is 5.95. The molecule has 0 radical (unpaired) electrons. The normalized spacial score (nSPS) is 13.6. The summed E-state index contributed by atoms with van der Waals surface area (Å²) in [6, 6.07) is 10.1. The van der Waals surface area contributed by atoms with E-state index < -0.39 is 0 Å². The Hall–Kier alpha value is -3.61. The molecule has 0 unspecified atom stereocenters. The molecular weight excluding hydrogens is 378 g/mol. The Morgan fingerprint density at radius 3 is 2.93 bits per heavy atom. The predicted octanol–water partition coefficient (Wildman–Crippen LogP) is 3.31. The summed E-state index contributed by atoms with van der Waals surface area (Å²) in [6.07, 6.45) is 5.34. The summed E-state index contributed by atoms with van der Waals surface area (Å²) < 4.78 is 2.15. The first-order valence-corrected chi connectivity index (χ1v) is 9.94. The molecule has 30 heavy (non-hydrogen) atoms. The lowest BCUT2D eigenvalue weighted by Crippen LogP contribution is -2.25. The van der Waals surface area contributed by atoms with Crippen LogP contribution in [0.5, 0.6) is 0 Å². The average molecular weight is 403 g/mol. The van der Waals surface area contributed by atoms with Crippen LogP contribution in [0.4, 0.5) is 11.5 Å². The van der Waals surface area contributed by atoms with Crippen molar-refractivity contribution in [3.05, 3.63) is 59.4 Å². The number of benzene rings is 1. The van der Waals surface area contributed by atoms with E-state index >= 15 is 0 Å². The second-order valence-corrected chi connectivity index (χ2v) is 7.57. The molecule has 0 aliphatic carbocycles. The molecule has 1 aromatic carbocycles. The van der Waals surface area contributed by atoms with Crippen LogP contribution in [0.25, 0.3) is 17.0 Å². The Morgan fingerprint density at radius 1 is 1.33 bits per heavy atom. The summed E-state index contributed by atoms with van der Waals surface area (Å²) in [5.74, 6) is 0.373. The molecule has 4 rings (SSSR count). The van der Waals surface area contributed by atoms with Crippen LogP contribution in [0.15, 0.2) is 42.6 Å². The summed E-state index contributed by atoms with van der Waals surface area (Å²) in [5, 5.41) is 7.16. The van der Waals surface area contributed by atoms with E-state index in [0.717, 1.165) is 22.5 Å². The number of amides is 2. The third-order valence-electron chi connectivity index (χ3n) is 5.52. The van der Waals surface area contributed by atoms with Gasteiger partial charge in [0.1, 0.15) is 0 Å². The number of hydrogen-bond donors (Lipinski definition) is 2. The lowest BCUT2D eigenvalue weighted by atomic mass is 10.1. The van der Waals surface area contributed by atoms with Gasteiger partial charge >= 0.3 is 0 Å².